The van der Waals surface area contributed by atoms with Gasteiger partial charge in [0.2, 0.25) is 0 Å². The lowest BCUT2D eigenvalue weighted by atomic mass is 9.98. The fourth-order valence-corrected chi connectivity index (χ4v) is 3.04. The second-order valence-electron chi connectivity index (χ2n) is 5.75. The molecule has 0 N–H and O–H groups in total. The van der Waals surface area contributed by atoms with E-state index in [0.717, 1.165) is 32.8 Å². The molecule has 3 rings (SSSR count). The Morgan fingerprint density at radius 3 is 2.63 bits per heavy atom. The third kappa shape index (κ3) is 3.35. The minimum Gasteiger partial charge on any atom is -0.379 e. The molecule has 1 aromatic carbocycles. The molecule has 1 fully saturated rings. The van der Waals surface area contributed by atoms with Crippen LogP contribution in [-0.4, -0.2) is 55.7 Å². The first-order chi connectivity index (χ1) is 9.31. The number of nitrogens with zero attached hydrogens (tertiary/aromatic N) is 2. The van der Waals surface area contributed by atoms with Crippen molar-refractivity contribution in [1.82, 2.24) is 9.80 Å². The van der Waals surface area contributed by atoms with Gasteiger partial charge in [-0.15, -0.1) is 0 Å². The molecular formula is C16H24N2O. The van der Waals surface area contributed by atoms with Gasteiger partial charge in [0.1, 0.15) is 0 Å². The highest BCUT2D eigenvalue weighted by Gasteiger charge is 2.17. The minimum atomic E-state index is 0.905. The molecule has 19 heavy (non-hydrogen) atoms. The summed E-state index contributed by atoms with van der Waals surface area (Å²) in [5.74, 6) is 0. The lowest BCUT2D eigenvalue weighted by Crippen LogP contribution is -2.42. The molecule has 3 nitrogen and oxygen atoms in total. The average Bonchev–Trinajstić information content (AvgIpc) is 2.46. The molecule has 0 unspecified atom stereocenters. The Kier molecular flexibility index (Phi) is 4.16. The Labute approximate surface area is 116 Å². The molecule has 2 heterocycles. The SMILES string of the molecule is Cc1ccc2c(c1)CN(CCN1CCOCC1)CC2. The van der Waals surface area contributed by atoms with Crippen LogP contribution in [0.15, 0.2) is 18.2 Å². The number of hydrogen-bond acceptors (Lipinski definition) is 3. The number of fused-ring (bicyclic) bond motifs is 1. The first-order valence-corrected chi connectivity index (χ1v) is 7.42. The minimum absolute atomic E-state index is 0.905. The molecule has 0 aromatic heterocycles. The topological polar surface area (TPSA) is 15.7 Å². The molecule has 0 aliphatic carbocycles. The monoisotopic (exact) mass is 260 g/mol. The maximum Gasteiger partial charge on any atom is 0.0594 e. The quantitative estimate of drug-likeness (QED) is 0.822. The van der Waals surface area contributed by atoms with E-state index in [0.29, 0.717) is 0 Å². The second-order valence-corrected chi connectivity index (χ2v) is 5.75. The summed E-state index contributed by atoms with van der Waals surface area (Å²) >= 11 is 0. The van der Waals surface area contributed by atoms with E-state index < -0.39 is 0 Å². The van der Waals surface area contributed by atoms with E-state index in [1.807, 2.05) is 0 Å². The Balaban J connectivity index is 1.53. The van der Waals surface area contributed by atoms with Gasteiger partial charge in [0.05, 0.1) is 13.2 Å². The molecule has 0 amide bonds. The second kappa shape index (κ2) is 6.04. The maximum atomic E-state index is 5.40. The fraction of sp³-hybridized carbons (Fsp3) is 0.625. The molecule has 0 radical (unpaired) electrons. The third-order valence-corrected chi connectivity index (χ3v) is 4.29. The highest BCUT2D eigenvalue weighted by atomic mass is 16.5. The normalized spacial score (nSPS) is 21.3. The number of rotatable bonds is 3. The van der Waals surface area contributed by atoms with E-state index in [2.05, 4.69) is 34.9 Å². The molecule has 0 spiro atoms. The van der Waals surface area contributed by atoms with Gasteiger partial charge in [-0.1, -0.05) is 23.8 Å². The number of morpholine rings is 1. The van der Waals surface area contributed by atoms with Crippen LogP contribution >= 0.6 is 0 Å². The predicted molar refractivity (Wildman–Crippen MR) is 77.4 cm³/mol. The van der Waals surface area contributed by atoms with Gasteiger partial charge in [-0.05, 0) is 24.5 Å². The van der Waals surface area contributed by atoms with Gasteiger partial charge in [0, 0.05) is 39.3 Å². The summed E-state index contributed by atoms with van der Waals surface area (Å²) in [6.07, 6.45) is 1.21. The van der Waals surface area contributed by atoms with E-state index in [9.17, 15) is 0 Å². The first-order valence-electron chi connectivity index (χ1n) is 7.42. The lowest BCUT2D eigenvalue weighted by Gasteiger charge is -2.32. The van der Waals surface area contributed by atoms with E-state index in [1.54, 1.807) is 5.56 Å². The van der Waals surface area contributed by atoms with Crippen LogP contribution < -0.4 is 0 Å². The van der Waals surface area contributed by atoms with Crippen molar-refractivity contribution in [3.05, 3.63) is 34.9 Å². The smallest absolute Gasteiger partial charge is 0.0594 e. The number of aryl methyl sites for hydroxylation is 1. The van der Waals surface area contributed by atoms with Crippen LogP contribution in [0.25, 0.3) is 0 Å². The van der Waals surface area contributed by atoms with Crippen molar-refractivity contribution >= 4 is 0 Å². The zero-order valence-electron chi connectivity index (χ0n) is 11.9. The standard InChI is InChI=1S/C16H24N2O/c1-14-2-3-15-4-5-18(13-16(15)12-14)7-6-17-8-10-19-11-9-17/h2-3,12H,4-11,13H2,1H3. The highest BCUT2D eigenvalue weighted by molar-refractivity contribution is 5.33. The Bertz CT molecular complexity index is 427. The zero-order valence-corrected chi connectivity index (χ0v) is 11.9. The highest BCUT2D eigenvalue weighted by Crippen LogP contribution is 2.20. The van der Waals surface area contributed by atoms with Crippen molar-refractivity contribution in [3.63, 3.8) is 0 Å². The van der Waals surface area contributed by atoms with Crippen molar-refractivity contribution in [2.75, 3.05) is 45.9 Å². The molecule has 1 aromatic rings. The average molecular weight is 260 g/mol. The Morgan fingerprint density at radius 2 is 1.79 bits per heavy atom. The van der Waals surface area contributed by atoms with Gasteiger partial charge in [0.25, 0.3) is 0 Å². The molecule has 1 saturated heterocycles. The molecule has 104 valence electrons. The van der Waals surface area contributed by atoms with Crippen LogP contribution in [0.2, 0.25) is 0 Å². The van der Waals surface area contributed by atoms with Gasteiger partial charge in [-0.2, -0.15) is 0 Å². The molecular weight excluding hydrogens is 236 g/mol. The Hall–Kier alpha value is -0.900. The van der Waals surface area contributed by atoms with Gasteiger partial charge < -0.3 is 4.74 Å². The molecule has 3 heteroatoms. The van der Waals surface area contributed by atoms with E-state index >= 15 is 0 Å². The summed E-state index contributed by atoms with van der Waals surface area (Å²) in [5.41, 5.74) is 4.47. The number of ether oxygens (including phenoxy) is 1. The first kappa shape index (κ1) is 13.1. The number of hydrogen-bond donors (Lipinski definition) is 0. The van der Waals surface area contributed by atoms with E-state index in [1.165, 1.54) is 37.2 Å². The Morgan fingerprint density at radius 1 is 1.00 bits per heavy atom. The van der Waals surface area contributed by atoms with Crippen molar-refractivity contribution in [2.24, 2.45) is 0 Å². The molecule has 2 aliphatic heterocycles. The van der Waals surface area contributed by atoms with Crippen LogP contribution in [0.1, 0.15) is 16.7 Å². The summed E-state index contributed by atoms with van der Waals surface area (Å²) in [7, 11) is 0. The fourth-order valence-electron chi connectivity index (χ4n) is 3.04. The summed E-state index contributed by atoms with van der Waals surface area (Å²) in [6.45, 7) is 10.9. The van der Waals surface area contributed by atoms with Gasteiger partial charge in [0.15, 0.2) is 0 Å². The van der Waals surface area contributed by atoms with Gasteiger partial charge in [-0.25, -0.2) is 0 Å². The van der Waals surface area contributed by atoms with Crippen molar-refractivity contribution in [2.45, 2.75) is 19.9 Å². The van der Waals surface area contributed by atoms with Crippen LogP contribution in [0.5, 0.6) is 0 Å². The molecule has 0 saturated carbocycles. The summed E-state index contributed by atoms with van der Waals surface area (Å²) in [5, 5.41) is 0. The molecule has 2 aliphatic rings. The van der Waals surface area contributed by atoms with Crippen molar-refractivity contribution in [1.29, 1.82) is 0 Å². The lowest BCUT2D eigenvalue weighted by molar-refractivity contribution is 0.0327. The van der Waals surface area contributed by atoms with Gasteiger partial charge >= 0.3 is 0 Å². The van der Waals surface area contributed by atoms with Crippen molar-refractivity contribution in [3.8, 4) is 0 Å². The largest absolute Gasteiger partial charge is 0.379 e. The van der Waals surface area contributed by atoms with Crippen LogP contribution in [0.3, 0.4) is 0 Å². The zero-order chi connectivity index (χ0) is 13.1. The van der Waals surface area contributed by atoms with Crippen LogP contribution in [-0.2, 0) is 17.7 Å². The van der Waals surface area contributed by atoms with Crippen LogP contribution in [0.4, 0.5) is 0 Å². The molecule has 0 bridgehead atoms. The molecule has 0 atom stereocenters. The van der Waals surface area contributed by atoms with Crippen molar-refractivity contribution < 1.29 is 4.74 Å². The van der Waals surface area contributed by atoms with Gasteiger partial charge in [-0.3, -0.25) is 9.80 Å². The maximum absolute atomic E-state index is 5.40. The number of benzene rings is 1. The third-order valence-electron chi connectivity index (χ3n) is 4.29. The summed E-state index contributed by atoms with van der Waals surface area (Å²) in [6, 6.07) is 6.91. The van der Waals surface area contributed by atoms with E-state index in [4.69, 9.17) is 4.74 Å². The van der Waals surface area contributed by atoms with Crippen LogP contribution in [0, 0.1) is 6.92 Å². The van der Waals surface area contributed by atoms with E-state index in [-0.39, 0.29) is 0 Å². The summed E-state index contributed by atoms with van der Waals surface area (Å²) in [4.78, 5) is 5.12. The summed E-state index contributed by atoms with van der Waals surface area (Å²) < 4.78 is 5.40. The predicted octanol–water partition coefficient (Wildman–Crippen LogP) is 1.69.